The quantitative estimate of drug-likeness (QED) is 0.799. The van der Waals surface area contributed by atoms with Crippen LogP contribution >= 0.6 is 0 Å². The Hall–Kier alpha value is -1.23. The summed E-state index contributed by atoms with van der Waals surface area (Å²) in [6.07, 6.45) is 6.00. The zero-order valence-corrected chi connectivity index (χ0v) is 12.6. The molecule has 0 spiro atoms. The first-order valence-corrected chi connectivity index (χ1v) is 7.61. The fourth-order valence-electron chi connectivity index (χ4n) is 3.03. The highest BCUT2D eigenvalue weighted by atomic mass is 16.5. The number of ether oxygens (including phenoxy) is 1. The monoisotopic (exact) mass is 280 g/mol. The molecule has 1 aromatic rings. The Balaban J connectivity index is 2.26. The Morgan fingerprint density at radius 2 is 2.05 bits per heavy atom. The molecule has 1 atom stereocenters. The highest BCUT2D eigenvalue weighted by Crippen LogP contribution is 2.39. The van der Waals surface area contributed by atoms with Crippen LogP contribution in [0.4, 0.5) is 0 Å². The average molecular weight is 280 g/mol. The Labute approximate surface area is 120 Å². The molecule has 1 unspecified atom stereocenters. The molecule has 0 aromatic carbocycles. The molecule has 20 heavy (non-hydrogen) atoms. The van der Waals surface area contributed by atoms with Gasteiger partial charge in [0, 0.05) is 6.61 Å². The van der Waals surface area contributed by atoms with Gasteiger partial charge in [0.2, 0.25) is 11.7 Å². The molecule has 1 heterocycles. The maximum Gasteiger partial charge on any atom is 0.237 e. The summed E-state index contributed by atoms with van der Waals surface area (Å²) in [4.78, 5) is 16.1. The highest BCUT2D eigenvalue weighted by Gasteiger charge is 2.39. The van der Waals surface area contributed by atoms with Gasteiger partial charge in [0.1, 0.15) is 11.4 Å². The highest BCUT2D eigenvalue weighted by molar-refractivity contribution is 5.82. The minimum atomic E-state index is -0.413. The van der Waals surface area contributed by atoms with E-state index in [0.717, 1.165) is 25.7 Å². The molecule has 1 aliphatic carbocycles. The van der Waals surface area contributed by atoms with Gasteiger partial charge in [0.05, 0.1) is 5.92 Å². The minimum absolute atomic E-state index is 0.0665. The first kappa shape index (κ1) is 15.2. The molecule has 2 rings (SSSR count). The Morgan fingerprint density at radius 3 is 2.60 bits per heavy atom. The number of carbonyl (C=O) groups excluding carboxylic acids is 1. The van der Waals surface area contributed by atoms with Gasteiger partial charge in [-0.1, -0.05) is 31.3 Å². The third-order valence-electron chi connectivity index (χ3n) is 4.13. The van der Waals surface area contributed by atoms with Crippen LogP contribution in [0.15, 0.2) is 4.52 Å². The molecule has 5 nitrogen and oxygen atoms in total. The van der Waals surface area contributed by atoms with Gasteiger partial charge in [-0.2, -0.15) is 4.98 Å². The lowest BCUT2D eigenvalue weighted by Gasteiger charge is -2.33. The van der Waals surface area contributed by atoms with Crippen molar-refractivity contribution in [1.29, 1.82) is 0 Å². The molecule has 0 aliphatic heterocycles. The zero-order valence-electron chi connectivity index (χ0n) is 12.6. The van der Waals surface area contributed by atoms with Crippen LogP contribution in [0, 0.1) is 0 Å². The molecule has 1 saturated carbocycles. The molecule has 0 saturated heterocycles. The summed E-state index contributed by atoms with van der Waals surface area (Å²) in [5, 5.41) is 4.12. The third-order valence-corrected chi connectivity index (χ3v) is 4.13. The number of ketones is 1. The smallest absolute Gasteiger partial charge is 0.237 e. The van der Waals surface area contributed by atoms with Crippen LogP contribution in [-0.2, 0) is 15.1 Å². The van der Waals surface area contributed by atoms with Crippen molar-refractivity contribution in [2.45, 2.75) is 70.8 Å². The van der Waals surface area contributed by atoms with Crippen molar-refractivity contribution in [3.05, 3.63) is 11.7 Å². The maximum atomic E-state index is 11.6. The Bertz CT molecular complexity index is 444. The predicted molar refractivity (Wildman–Crippen MR) is 74.4 cm³/mol. The lowest BCUT2D eigenvalue weighted by Crippen LogP contribution is -2.33. The van der Waals surface area contributed by atoms with E-state index in [1.165, 1.54) is 6.42 Å². The summed E-state index contributed by atoms with van der Waals surface area (Å²) < 4.78 is 11.3. The summed E-state index contributed by atoms with van der Waals surface area (Å²) in [6.45, 7) is 6.14. The average Bonchev–Trinajstić information content (AvgIpc) is 2.90. The molecule has 1 aromatic heterocycles. The van der Waals surface area contributed by atoms with Gasteiger partial charge < -0.3 is 9.26 Å². The second-order valence-corrected chi connectivity index (χ2v) is 5.52. The van der Waals surface area contributed by atoms with E-state index in [9.17, 15) is 4.79 Å². The van der Waals surface area contributed by atoms with E-state index < -0.39 is 5.60 Å². The van der Waals surface area contributed by atoms with E-state index in [2.05, 4.69) is 10.1 Å². The van der Waals surface area contributed by atoms with Crippen LogP contribution in [0.1, 0.15) is 76.9 Å². The summed E-state index contributed by atoms with van der Waals surface area (Å²) in [5.41, 5.74) is -0.413. The first-order chi connectivity index (χ1) is 9.63. The largest absolute Gasteiger partial charge is 0.367 e. The van der Waals surface area contributed by atoms with Gasteiger partial charge in [0.25, 0.3) is 0 Å². The number of aromatic nitrogens is 2. The second kappa shape index (κ2) is 6.48. The lowest BCUT2D eigenvalue weighted by atomic mass is 9.84. The summed E-state index contributed by atoms with van der Waals surface area (Å²) >= 11 is 0. The fraction of sp³-hybridized carbons (Fsp3) is 0.800. The van der Waals surface area contributed by atoms with Crippen molar-refractivity contribution in [2.24, 2.45) is 0 Å². The van der Waals surface area contributed by atoms with Gasteiger partial charge in [0.15, 0.2) is 0 Å². The normalized spacial score (nSPS) is 19.8. The van der Waals surface area contributed by atoms with Crippen LogP contribution in [0.3, 0.4) is 0 Å². The number of carbonyl (C=O) groups is 1. The van der Waals surface area contributed by atoms with Gasteiger partial charge >= 0.3 is 0 Å². The van der Waals surface area contributed by atoms with E-state index in [-0.39, 0.29) is 11.7 Å². The van der Waals surface area contributed by atoms with Crippen molar-refractivity contribution in [3.63, 3.8) is 0 Å². The minimum Gasteiger partial charge on any atom is -0.367 e. The van der Waals surface area contributed by atoms with Crippen molar-refractivity contribution in [3.8, 4) is 0 Å². The van der Waals surface area contributed by atoms with Crippen molar-refractivity contribution >= 4 is 5.78 Å². The zero-order chi connectivity index (χ0) is 14.6. The third kappa shape index (κ3) is 2.92. The Morgan fingerprint density at radius 1 is 1.35 bits per heavy atom. The molecule has 112 valence electrons. The van der Waals surface area contributed by atoms with E-state index in [1.54, 1.807) is 6.92 Å². The van der Waals surface area contributed by atoms with Gasteiger partial charge in [-0.25, -0.2) is 0 Å². The number of rotatable bonds is 6. The fourth-order valence-corrected chi connectivity index (χ4v) is 3.03. The van der Waals surface area contributed by atoms with Gasteiger partial charge in [-0.05, 0) is 33.1 Å². The molecule has 1 aliphatic rings. The van der Waals surface area contributed by atoms with Crippen LogP contribution in [0.5, 0.6) is 0 Å². The number of Topliss-reactive ketones (excluding diaryl/α,β-unsaturated/α-hetero) is 1. The van der Waals surface area contributed by atoms with Crippen LogP contribution in [-0.4, -0.2) is 22.5 Å². The SMILES string of the molecule is CCOC1(c2noc(C(CC)C(C)=O)n2)CCCCC1. The number of hydrogen-bond acceptors (Lipinski definition) is 5. The maximum absolute atomic E-state index is 11.6. The van der Waals surface area contributed by atoms with Gasteiger partial charge in [-0.3, -0.25) is 4.79 Å². The summed E-state index contributed by atoms with van der Waals surface area (Å²) in [6, 6.07) is 0. The molecule has 5 heteroatoms. The summed E-state index contributed by atoms with van der Waals surface area (Å²) in [5.74, 6) is 0.823. The molecule has 1 fully saturated rings. The van der Waals surface area contributed by atoms with Crippen LogP contribution in [0.25, 0.3) is 0 Å². The van der Waals surface area contributed by atoms with Gasteiger partial charge in [-0.15, -0.1) is 0 Å². The van der Waals surface area contributed by atoms with Crippen molar-refractivity contribution in [1.82, 2.24) is 10.1 Å². The van der Waals surface area contributed by atoms with E-state index >= 15 is 0 Å². The second-order valence-electron chi connectivity index (χ2n) is 5.52. The van der Waals surface area contributed by atoms with E-state index in [4.69, 9.17) is 9.26 Å². The topological polar surface area (TPSA) is 65.2 Å². The molecule has 0 amide bonds. The number of hydrogen-bond donors (Lipinski definition) is 0. The lowest BCUT2D eigenvalue weighted by molar-refractivity contribution is -0.119. The number of nitrogens with zero attached hydrogens (tertiary/aromatic N) is 2. The van der Waals surface area contributed by atoms with E-state index in [1.807, 2.05) is 13.8 Å². The molecular formula is C15H24N2O3. The standard InChI is InChI=1S/C15H24N2O3/c1-4-12(11(3)18)13-16-14(17-20-13)15(19-5-2)9-7-6-8-10-15/h12H,4-10H2,1-3H3. The molecule has 0 bridgehead atoms. The summed E-state index contributed by atoms with van der Waals surface area (Å²) in [7, 11) is 0. The van der Waals surface area contributed by atoms with Crippen LogP contribution in [0.2, 0.25) is 0 Å². The Kier molecular flexibility index (Phi) is 4.91. The molecular weight excluding hydrogens is 256 g/mol. The predicted octanol–water partition coefficient (Wildman–Crippen LogP) is 3.35. The van der Waals surface area contributed by atoms with E-state index in [0.29, 0.717) is 24.7 Å². The van der Waals surface area contributed by atoms with Crippen molar-refractivity contribution in [2.75, 3.05) is 6.61 Å². The molecule has 0 radical (unpaired) electrons. The molecule has 0 N–H and O–H groups in total. The van der Waals surface area contributed by atoms with Crippen molar-refractivity contribution < 1.29 is 14.1 Å². The first-order valence-electron chi connectivity index (χ1n) is 7.61. The van der Waals surface area contributed by atoms with Crippen LogP contribution < -0.4 is 0 Å².